The first-order chi connectivity index (χ1) is 7.19. The standard InChI is InChI=1S/C12H13BrFN/c1-3-10(4-2)15-8-9-6-5-7-11(14)12(9)13/h1,5-7,10,15H,4,8H2,2H3. The van der Waals surface area contributed by atoms with Crippen molar-refractivity contribution in [1.82, 2.24) is 5.32 Å². The molecule has 0 saturated carbocycles. The maximum atomic E-state index is 13.2. The lowest BCUT2D eigenvalue weighted by Crippen LogP contribution is -2.26. The molecule has 1 unspecified atom stereocenters. The van der Waals surface area contributed by atoms with E-state index in [0.717, 1.165) is 12.0 Å². The molecule has 0 bridgehead atoms. The van der Waals surface area contributed by atoms with Crippen LogP contribution in [0.5, 0.6) is 0 Å². The molecular formula is C12H13BrFN. The molecule has 1 aromatic rings. The van der Waals surface area contributed by atoms with Crippen LogP contribution in [0.15, 0.2) is 22.7 Å². The number of halogens is 2. The molecule has 1 aromatic carbocycles. The Morgan fingerprint density at radius 3 is 2.93 bits per heavy atom. The molecule has 0 aromatic heterocycles. The molecule has 15 heavy (non-hydrogen) atoms. The van der Waals surface area contributed by atoms with E-state index in [-0.39, 0.29) is 11.9 Å². The van der Waals surface area contributed by atoms with Gasteiger partial charge in [0.05, 0.1) is 10.5 Å². The van der Waals surface area contributed by atoms with Gasteiger partial charge in [0.15, 0.2) is 0 Å². The minimum atomic E-state index is -0.247. The van der Waals surface area contributed by atoms with Crippen molar-refractivity contribution in [3.63, 3.8) is 0 Å². The molecule has 1 rings (SSSR count). The number of terminal acetylenes is 1. The van der Waals surface area contributed by atoms with Gasteiger partial charge in [0, 0.05) is 6.54 Å². The highest BCUT2D eigenvalue weighted by molar-refractivity contribution is 9.10. The summed E-state index contributed by atoms with van der Waals surface area (Å²) >= 11 is 3.21. The van der Waals surface area contributed by atoms with Crippen LogP contribution in [0, 0.1) is 18.2 Å². The van der Waals surface area contributed by atoms with E-state index < -0.39 is 0 Å². The van der Waals surface area contributed by atoms with Crippen LogP contribution >= 0.6 is 15.9 Å². The van der Waals surface area contributed by atoms with Crippen molar-refractivity contribution in [1.29, 1.82) is 0 Å². The maximum Gasteiger partial charge on any atom is 0.137 e. The molecule has 0 heterocycles. The second-order valence-corrected chi connectivity index (χ2v) is 4.01. The van der Waals surface area contributed by atoms with Gasteiger partial charge in [-0.25, -0.2) is 4.39 Å². The fourth-order valence-electron chi connectivity index (χ4n) is 1.24. The number of benzene rings is 1. The summed E-state index contributed by atoms with van der Waals surface area (Å²) in [5.41, 5.74) is 0.878. The predicted octanol–water partition coefficient (Wildman–Crippen LogP) is 3.09. The Hall–Kier alpha value is -0.850. The molecule has 0 spiro atoms. The largest absolute Gasteiger partial charge is 0.300 e. The van der Waals surface area contributed by atoms with Gasteiger partial charge < -0.3 is 0 Å². The van der Waals surface area contributed by atoms with Crippen LogP contribution in [0.4, 0.5) is 4.39 Å². The number of hydrogen-bond donors (Lipinski definition) is 1. The molecular weight excluding hydrogens is 257 g/mol. The van der Waals surface area contributed by atoms with Crippen LogP contribution in [0.25, 0.3) is 0 Å². The average molecular weight is 270 g/mol. The highest BCUT2D eigenvalue weighted by Gasteiger charge is 2.06. The summed E-state index contributed by atoms with van der Waals surface area (Å²) < 4.78 is 13.7. The van der Waals surface area contributed by atoms with Crippen molar-refractivity contribution >= 4 is 15.9 Å². The zero-order valence-corrected chi connectivity index (χ0v) is 10.1. The first-order valence-corrected chi connectivity index (χ1v) is 5.60. The van der Waals surface area contributed by atoms with E-state index in [4.69, 9.17) is 6.42 Å². The lowest BCUT2D eigenvalue weighted by atomic mass is 10.2. The van der Waals surface area contributed by atoms with Crippen LogP contribution in [-0.2, 0) is 6.54 Å². The van der Waals surface area contributed by atoms with E-state index in [9.17, 15) is 4.39 Å². The molecule has 0 amide bonds. The summed E-state index contributed by atoms with van der Waals surface area (Å²) in [5, 5.41) is 3.17. The van der Waals surface area contributed by atoms with Crippen molar-refractivity contribution in [2.45, 2.75) is 25.9 Å². The average Bonchev–Trinajstić information content (AvgIpc) is 2.25. The third-order valence-electron chi connectivity index (χ3n) is 2.18. The van der Waals surface area contributed by atoms with Crippen LogP contribution in [-0.4, -0.2) is 6.04 Å². The first kappa shape index (κ1) is 12.2. The van der Waals surface area contributed by atoms with Crippen LogP contribution in [0.2, 0.25) is 0 Å². The summed E-state index contributed by atoms with van der Waals surface area (Å²) in [7, 11) is 0. The minimum absolute atomic E-state index is 0.0418. The lowest BCUT2D eigenvalue weighted by Gasteiger charge is -2.11. The van der Waals surface area contributed by atoms with Crippen molar-refractivity contribution in [2.24, 2.45) is 0 Å². The fraction of sp³-hybridized carbons (Fsp3) is 0.333. The van der Waals surface area contributed by atoms with Gasteiger partial charge in [-0.1, -0.05) is 25.0 Å². The van der Waals surface area contributed by atoms with E-state index in [0.29, 0.717) is 11.0 Å². The molecule has 0 aliphatic heterocycles. The maximum absolute atomic E-state index is 13.2. The highest BCUT2D eigenvalue weighted by Crippen LogP contribution is 2.20. The summed E-state index contributed by atoms with van der Waals surface area (Å²) in [4.78, 5) is 0. The summed E-state index contributed by atoms with van der Waals surface area (Å²) in [6, 6.07) is 5.02. The van der Waals surface area contributed by atoms with Gasteiger partial charge in [0.1, 0.15) is 5.82 Å². The van der Waals surface area contributed by atoms with Gasteiger partial charge in [-0.3, -0.25) is 5.32 Å². The van der Waals surface area contributed by atoms with E-state index >= 15 is 0 Å². The SMILES string of the molecule is C#CC(CC)NCc1cccc(F)c1Br. The summed E-state index contributed by atoms with van der Waals surface area (Å²) in [6.45, 7) is 2.58. The quantitative estimate of drug-likeness (QED) is 0.829. The minimum Gasteiger partial charge on any atom is -0.300 e. The van der Waals surface area contributed by atoms with Gasteiger partial charge in [-0.15, -0.1) is 6.42 Å². The Bertz CT molecular complexity index is 370. The van der Waals surface area contributed by atoms with Gasteiger partial charge in [-0.05, 0) is 34.0 Å². The Labute approximate surface area is 98.2 Å². The second kappa shape index (κ2) is 5.89. The second-order valence-electron chi connectivity index (χ2n) is 3.22. The van der Waals surface area contributed by atoms with E-state index in [2.05, 4.69) is 27.2 Å². The van der Waals surface area contributed by atoms with Gasteiger partial charge >= 0.3 is 0 Å². The van der Waals surface area contributed by atoms with Crippen molar-refractivity contribution in [2.75, 3.05) is 0 Å². The third kappa shape index (κ3) is 3.33. The lowest BCUT2D eigenvalue weighted by molar-refractivity contribution is 0.581. The molecule has 80 valence electrons. The van der Waals surface area contributed by atoms with E-state index in [1.54, 1.807) is 6.07 Å². The molecule has 0 aliphatic carbocycles. The van der Waals surface area contributed by atoms with Gasteiger partial charge in [-0.2, -0.15) is 0 Å². The number of nitrogens with one attached hydrogen (secondary N) is 1. The summed E-state index contributed by atoms with van der Waals surface area (Å²) in [6.07, 6.45) is 6.18. The Kier molecular flexibility index (Phi) is 4.80. The van der Waals surface area contributed by atoms with Crippen molar-refractivity contribution in [3.8, 4) is 12.3 Å². The van der Waals surface area contributed by atoms with E-state index in [1.165, 1.54) is 6.07 Å². The molecule has 3 heteroatoms. The zero-order chi connectivity index (χ0) is 11.3. The molecule has 0 saturated heterocycles. The normalized spacial score (nSPS) is 12.1. The zero-order valence-electron chi connectivity index (χ0n) is 8.56. The van der Waals surface area contributed by atoms with E-state index in [1.807, 2.05) is 13.0 Å². The van der Waals surface area contributed by atoms with Crippen molar-refractivity contribution in [3.05, 3.63) is 34.1 Å². The topological polar surface area (TPSA) is 12.0 Å². The Morgan fingerprint density at radius 2 is 2.33 bits per heavy atom. The smallest absolute Gasteiger partial charge is 0.137 e. The van der Waals surface area contributed by atoms with Crippen molar-refractivity contribution < 1.29 is 4.39 Å². The fourth-order valence-corrected chi connectivity index (χ4v) is 1.64. The third-order valence-corrected chi connectivity index (χ3v) is 3.07. The Balaban J connectivity index is 2.66. The molecule has 0 radical (unpaired) electrons. The monoisotopic (exact) mass is 269 g/mol. The Morgan fingerprint density at radius 1 is 1.60 bits per heavy atom. The molecule has 0 aliphatic rings. The molecule has 1 nitrogen and oxygen atoms in total. The first-order valence-electron chi connectivity index (χ1n) is 4.81. The summed E-state index contributed by atoms with van der Waals surface area (Å²) in [5.74, 6) is 2.39. The highest BCUT2D eigenvalue weighted by atomic mass is 79.9. The number of rotatable bonds is 4. The molecule has 0 fully saturated rings. The van der Waals surface area contributed by atoms with Gasteiger partial charge in [0.25, 0.3) is 0 Å². The van der Waals surface area contributed by atoms with Crippen LogP contribution in [0.1, 0.15) is 18.9 Å². The van der Waals surface area contributed by atoms with Crippen LogP contribution < -0.4 is 5.32 Å². The van der Waals surface area contributed by atoms with Crippen LogP contribution in [0.3, 0.4) is 0 Å². The molecule has 1 N–H and O–H groups in total. The predicted molar refractivity (Wildman–Crippen MR) is 63.9 cm³/mol. The number of hydrogen-bond acceptors (Lipinski definition) is 1. The van der Waals surface area contributed by atoms with Gasteiger partial charge in [0.2, 0.25) is 0 Å². The molecule has 1 atom stereocenters.